The molecule has 1 saturated heterocycles. The van der Waals surface area contributed by atoms with E-state index in [0.717, 1.165) is 11.1 Å². The van der Waals surface area contributed by atoms with Crippen molar-refractivity contribution in [1.29, 1.82) is 0 Å². The first kappa shape index (κ1) is 17.8. The maximum Gasteiger partial charge on any atom is 0.418 e. The van der Waals surface area contributed by atoms with Crippen molar-refractivity contribution in [2.75, 3.05) is 19.7 Å². The van der Waals surface area contributed by atoms with E-state index in [1.165, 1.54) is 4.90 Å². The van der Waals surface area contributed by atoms with Gasteiger partial charge >= 0.3 is 12.1 Å². The molecule has 0 aliphatic carbocycles. The molecule has 6 nitrogen and oxygen atoms in total. The largest absolute Gasteiger partial charge is 0.490 e. The molecule has 0 spiro atoms. The van der Waals surface area contributed by atoms with Crippen molar-refractivity contribution in [2.45, 2.75) is 20.0 Å². The molecule has 0 bridgehead atoms. The summed E-state index contributed by atoms with van der Waals surface area (Å²) in [6.45, 7) is 3.33. The molecule has 6 heteroatoms. The van der Waals surface area contributed by atoms with Gasteiger partial charge in [-0.05, 0) is 36.6 Å². The standard InChI is InChI=1S/C20H21NO5/c1-2-24-18-12-15(10-11-21-13-19(22)26-20(21)23)8-9-17(18)25-14-16-6-4-3-5-7-16/h3-9,12H,2,10-11,13-14H2,1H3. The first-order valence-electron chi connectivity index (χ1n) is 8.57. The van der Waals surface area contributed by atoms with Crippen LogP contribution in [0, 0.1) is 0 Å². The molecule has 0 unspecified atom stereocenters. The highest BCUT2D eigenvalue weighted by atomic mass is 16.6. The minimum atomic E-state index is -0.581. The van der Waals surface area contributed by atoms with Crippen molar-refractivity contribution in [3.8, 4) is 11.5 Å². The SMILES string of the molecule is CCOc1cc(CCN2CC(=O)OC2=O)ccc1OCc1ccccc1. The second-order valence-corrected chi connectivity index (χ2v) is 5.90. The molecule has 1 aliphatic rings. The molecule has 0 atom stereocenters. The Labute approximate surface area is 152 Å². The summed E-state index contributed by atoms with van der Waals surface area (Å²) in [6, 6.07) is 15.6. The topological polar surface area (TPSA) is 65.1 Å². The number of ether oxygens (including phenoxy) is 3. The van der Waals surface area contributed by atoms with Gasteiger partial charge in [0.05, 0.1) is 6.61 Å². The Morgan fingerprint density at radius 2 is 1.81 bits per heavy atom. The van der Waals surface area contributed by atoms with Crippen molar-refractivity contribution < 1.29 is 23.8 Å². The predicted octanol–water partition coefficient (Wildman–Crippen LogP) is 3.19. The molecular weight excluding hydrogens is 334 g/mol. The Hall–Kier alpha value is -3.02. The van der Waals surface area contributed by atoms with Crippen LogP contribution in [0.2, 0.25) is 0 Å². The van der Waals surface area contributed by atoms with Crippen molar-refractivity contribution in [1.82, 2.24) is 4.90 Å². The normalized spacial score (nSPS) is 13.7. The van der Waals surface area contributed by atoms with Crippen LogP contribution < -0.4 is 9.47 Å². The van der Waals surface area contributed by atoms with E-state index in [1.54, 1.807) is 0 Å². The molecule has 136 valence electrons. The summed E-state index contributed by atoms with van der Waals surface area (Å²) < 4.78 is 16.1. The summed E-state index contributed by atoms with van der Waals surface area (Å²) in [6.07, 6.45) is 0.0179. The van der Waals surface area contributed by atoms with Crippen LogP contribution in [0.15, 0.2) is 48.5 Å². The highest BCUT2D eigenvalue weighted by Crippen LogP contribution is 2.29. The summed E-state index contributed by atoms with van der Waals surface area (Å²) in [4.78, 5) is 24.0. The van der Waals surface area contributed by atoms with Crippen LogP contribution in [-0.2, 0) is 22.6 Å². The molecule has 1 amide bonds. The molecule has 26 heavy (non-hydrogen) atoms. The molecule has 3 rings (SSSR count). The zero-order valence-electron chi connectivity index (χ0n) is 14.6. The number of carbonyl (C=O) groups is 2. The molecule has 2 aromatic carbocycles. The van der Waals surface area contributed by atoms with E-state index in [-0.39, 0.29) is 6.54 Å². The number of nitrogens with zero attached hydrogens (tertiary/aromatic N) is 1. The van der Waals surface area contributed by atoms with E-state index in [4.69, 9.17) is 9.47 Å². The van der Waals surface area contributed by atoms with E-state index >= 15 is 0 Å². The van der Waals surface area contributed by atoms with Gasteiger partial charge < -0.3 is 14.2 Å². The molecule has 2 aromatic rings. The minimum Gasteiger partial charge on any atom is -0.490 e. The number of carbonyl (C=O) groups excluding carboxylic acids is 2. The first-order valence-corrected chi connectivity index (χ1v) is 8.57. The average Bonchev–Trinajstić information content (AvgIpc) is 2.97. The van der Waals surface area contributed by atoms with Gasteiger partial charge in [0, 0.05) is 6.54 Å². The smallest absolute Gasteiger partial charge is 0.418 e. The van der Waals surface area contributed by atoms with E-state index in [1.807, 2.05) is 55.5 Å². The monoisotopic (exact) mass is 355 g/mol. The van der Waals surface area contributed by atoms with Crippen molar-refractivity contribution >= 4 is 12.1 Å². The Balaban J connectivity index is 1.64. The van der Waals surface area contributed by atoms with Crippen molar-refractivity contribution in [3.63, 3.8) is 0 Å². The summed E-state index contributed by atoms with van der Waals surface area (Å²) in [5, 5.41) is 0. The highest BCUT2D eigenvalue weighted by molar-refractivity contribution is 5.92. The van der Waals surface area contributed by atoms with Crippen LogP contribution in [0.4, 0.5) is 4.79 Å². The lowest BCUT2D eigenvalue weighted by atomic mass is 10.1. The molecule has 1 fully saturated rings. The maximum absolute atomic E-state index is 11.5. The third-order valence-corrected chi connectivity index (χ3v) is 3.99. The van der Waals surface area contributed by atoms with E-state index in [2.05, 4.69) is 4.74 Å². The van der Waals surface area contributed by atoms with Gasteiger partial charge in [-0.3, -0.25) is 4.90 Å². The van der Waals surface area contributed by atoms with Gasteiger partial charge in [0.25, 0.3) is 0 Å². The lowest BCUT2D eigenvalue weighted by Crippen LogP contribution is -2.26. The van der Waals surface area contributed by atoms with Crippen LogP contribution in [0.3, 0.4) is 0 Å². The number of cyclic esters (lactones) is 2. The number of benzene rings is 2. The Morgan fingerprint density at radius 1 is 1.00 bits per heavy atom. The number of hydrogen-bond donors (Lipinski definition) is 0. The second-order valence-electron chi connectivity index (χ2n) is 5.90. The average molecular weight is 355 g/mol. The van der Waals surface area contributed by atoms with Crippen molar-refractivity contribution in [3.05, 3.63) is 59.7 Å². The molecule has 0 saturated carbocycles. The number of hydrogen-bond acceptors (Lipinski definition) is 5. The van der Waals surface area contributed by atoms with E-state index in [0.29, 0.717) is 37.7 Å². The van der Waals surface area contributed by atoms with Crippen LogP contribution >= 0.6 is 0 Å². The predicted molar refractivity (Wildman–Crippen MR) is 95.2 cm³/mol. The minimum absolute atomic E-state index is 0.00935. The number of rotatable bonds is 8. The quantitative estimate of drug-likeness (QED) is 0.537. The summed E-state index contributed by atoms with van der Waals surface area (Å²) in [7, 11) is 0. The van der Waals surface area contributed by atoms with Gasteiger partial charge in [-0.15, -0.1) is 0 Å². The van der Waals surface area contributed by atoms with Gasteiger partial charge in [0.1, 0.15) is 13.2 Å². The molecule has 1 heterocycles. The number of amides is 1. The maximum atomic E-state index is 11.5. The summed E-state index contributed by atoms with van der Waals surface area (Å²) >= 11 is 0. The molecule has 1 aliphatic heterocycles. The molecule has 0 aromatic heterocycles. The number of esters is 1. The zero-order chi connectivity index (χ0) is 18.4. The summed E-state index contributed by atoms with van der Waals surface area (Å²) in [5.74, 6) is 0.839. The van der Waals surface area contributed by atoms with Gasteiger partial charge in [-0.1, -0.05) is 36.4 Å². The van der Waals surface area contributed by atoms with Gasteiger partial charge in [0.15, 0.2) is 11.5 Å². The third kappa shape index (κ3) is 4.53. The van der Waals surface area contributed by atoms with Crippen molar-refractivity contribution in [2.24, 2.45) is 0 Å². The van der Waals surface area contributed by atoms with Crippen LogP contribution in [0.25, 0.3) is 0 Å². The van der Waals surface area contributed by atoms with Gasteiger partial charge in [-0.2, -0.15) is 0 Å². The fraction of sp³-hybridized carbons (Fsp3) is 0.300. The van der Waals surface area contributed by atoms with Crippen LogP contribution in [0.5, 0.6) is 11.5 Å². The third-order valence-electron chi connectivity index (χ3n) is 3.99. The van der Waals surface area contributed by atoms with Crippen LogP contribution in [-0.4, -0.2) is 36.7 Å². The Kier molecular flexibility index (Phi) is 5.73. The highest BCUT2D eigenvalue weighted by Gasteiger charge is 2.29. The van der Waals surface area contributed by atoms with E-state index < -0.39 is 12.1 Å². The van der Waals surface area contributed by atoms with E-state index in [9.17, 15) is 9.59 Å². The summed E-state index contributed by atoms with van der Waals surface area (Å²) in [5.41, 5.74) is 2.07. The lowest BCUT2D eigenvalue weighted by Gasteiger charge is -2.15. The molecule has 0 N–H and O–H groups in total. The fourth-order valence-corrected chi connectivity index (χ4v) is 2.68. The zero-order valence-corrected chi connectivity index (χ0v) is 14.6. The second kappa shape index (κ2) is 8.38. The first-order chi connectivity index (χ1) is 12.7. The van der Waals surface area contributed by atoms with Gasteiger partial charge in [0.2, 0.25) is 0 Å². The lowest BCUT2D eigenvalue weighted by molar-refractivity contribution is -0.132. The van der Waals surface area contributed by atoms with Crippen LogP contribution in [0.1, 0.15) is 18.1 Å². The Bertz CT molecular complexity index is 775. The fourth-order valence-electron chi connectivity index (χ4n) is 2.68. The molecule has 0 radical (unpaired) electrons. The molecular formula is C20H21NO5. The van der Waals surface area contributed by atoms with Gasteiger partial charge in [-0.25, -0.2) is 9.59 Å². The Morgan fingerprint density at radius 3 is 2.50 bits per heavy atom.